The summed E-state index contributed by atoms with van der Waals surface area (Å²) in [4.78, 5) is 15.5. The number of sulfonamides is 1. The molecule has 0 aliphatic carbocycles. The number of hydrogen-bond donors (Lipinski definition) is 3. The van der Waals surface area contributed by atoms with E-state index >= 15 is 0 Å². The maximum atomic E-state index is 14.0. The van der Waals surface area contributed by atoms with Gasteiger partial charge in [-0.1, -0.05) is 6.92 Å². The second-order valence-electron chi connectivity index (χ2n) is 10.1. The Bertz CT molecular complexity index is 1190. The number of ether oxygens (including phenoxy) is 2. The van der Waals surface area contributed by atoms with Gasteiger partial charge in [-0.15, -0.1) is 0 Å². The highest BCUT2D eigenvalue weighted by molar-refractivity contribution is 7.92. The Hall–Kier alpha value is -2.73. The molecule has 9 nitrogen and oxygen atoms in total. The SMILES string of the molecule is CNC[C@@H]1OCCCC[C@H](C)Oc2ccc(NS(=O)(=O)c3ccc(F)cc3)cc2C(=O)N([C@H](C)CO)C[C@@H]1C. The number of nitrogens with one attached hydrogen (secondary N) is 2. The average Bonchev–Trinajstić information content (AvgIpc) is 2.90. The highest BCUT2D eigenvalue weighted by Gasteiger charge is 2.30. The third-order valence-electron chi connectivity index (χ3n) is 6.83. The van der Waals surface area contributed by atoms with E-state index in [0.717, 1.165) is 31.4 Å². The van der Waals surface area contributed by atoms with Crippen molar-refractivity contribution < 1.29 is 32.2 Å². The van der Waals surface area contributed by atoms with Crippen LogP contribution in [-0.2, 0) is 14.8 Å². The first-order valence-electron chi connectivity index (χ1n) is 13.3. The van der Waals surface area contributed by atoms with Crippen LogP contribution in [0.4, 0.5) is 10.1 Å². The van der Waals surface area contributed by atoms with Crippen LogP contribution in [0.25, 0.3) is 0 Å². The Morgan fingerprint density at radius 2 is 1.87 bits per heavy atom. The Morgan fingerprint density at radius 3 is 2.54 bits per heavy atom. The molecule has 0 unspecified atom stereocenters. The molecule has 4 atom stereocenters. The van der Waals surface area contributed by atoms with Crippen LogP contribution < -0.4 is 14.8 Å². The zero-order valence-corrected chi connectivity index (χ0v) is 23.8. The lowest BCUT2D eigenvalue weighted by Gasteiger charge is -2.34. The minimum atomic E-state index is -4.04. The van der Waals surface area contributed by atoms with Gasteiger partial charge in [-0.3, -0.25) is 9.52 Å². The van der Waals surface area contributed by atoms with E-state index in [1.165, 1.54) is 24.3 Å². The van der Waals surface area contributed by atoms with Gasteiger partial charge in [0.1, 0.15) is 11.6 Å². The number of rotatable bonds is 7. The predicted octanol–water partition coefficient (Wildman–Crippen LogP) is 3.64. The van der Waals surface area contributed by atoms with E-state index in [2.05, 4.69) is 10.0 Å². The molecular weight excluding hydrogens is 525 g/mol. The zero-order chi connectivity index (χ0) is 28.6. The normalized spacial score (nSPS) is 22.4. The molecule has 1 amide bonds. The zero-order valence-electron chi connectivity index (χ0n) is 23.0. The van der Waals surface area contributed by atoms with E-state index < -0.39 is 27.8 Å². The van der Waals surface area contributed by atoms with Crippen LogP contribution in [0.1, 0.15) is 50.4 Å². The number of nitrogens with zero attached hydrogens (tertiary/aromatic N) is 1. The van der Waals surface area contributed by atoms with Crippen LogP contribution in [0.2, 0.25) is 0 Å². The van der Waals surface area contributed by atoms with Gasteiger partial charge in [-0.25, -0.2) is 12.8 Å². The van der Waals surface area contributed by atoms with Gasteiger partial charge in [0, 0.05) is 31.3 Å². The van der Waals surface area contributed by atoms with Gasteiger partial charge in [0.25, 0.3) is 15.9 Å². The molecule has 1 heterocycles. The molecule has 11 heteroatoms. The van der Waals surface area contributed by atoms with Crippen molar-refractivity contribution >= 4 is 21.6 Å². The molecule has 0 spiro atoms. The molecule has 0 aromatic heterocycles. The minimum Gasteiger partial charge on any atom is -0.490 e. The van der Waals surface area contributed by atoms with E-state index in [9.17, 15) is 22.7 Å². The lowest BCUT2D eigenvalue weighted by molar-refractivity contribution is -0.000450. The second kappa shape index (κ2) is 14.1. The average molecular weight is 566 g/mol. The molecule has 0 fully saturated rings. The number of likely N-dealkylation sites (N-methyl/N-ethyl adjacent to an activating group) is 1. The van der Waals surface area contributed by atoms with Crippen LogP contribution >= 0.6 is 0 Å². The largest absolute Gasteiger partial charge is 0.490 e. The maximum Gasteiger partial charge on any atom is 0.261 e. The topological polar surface area (TPSA) is 117 Å². The molecule has 0 radical (unpaired) electrons. The summed E-state index contributed by atoms with van der Waals surface area (Å²) < 4.78 is 54.0. The van der Waals surface area contributed by atoms with Crippen LogP contribution in [0, 0.1) is 11.7 Å². The van der Waals surface area contributed by atoms with E-state index in [0.29, 0.717) is 25.4 Å². The highest BCUT2D eigenvalue weighted by Crippen LogP contribution is 2.29. The number of fused-ring (bicyclic) bond motifs is 1. The van der Waals surface area contributed by atoms with Gasteiger partial charge < -0.3 is 24.8 Å². The Kier molecular flexibility index (Phi) is 11.1. The fourth-order valence-electron chi connectivity index (χ4n) is 4.51. The van der Waals surface area contributed by atoms with E-state index in [4.69, 9.17) is 9.47 Å². The van der Waals surface area contributed by atoms with Gasteiger partial charge in [-0.2, -0.15) is 0 Å². The number of hydrogen-bond acceptors (Lipinski definition) is 7. The summed E-state index contributed by atoms with van der Waals surface area (Å²) in [7, 11) is -2.18. The summed E-state index contributed by atoms with van der Waals surface area (Å²) in [5, 5.41) is 13.1. The Balaban J connectivity index is 2.02. The maximum absolute atomic E-state index is 14.0. The van der Waals surface area contributed by atoms with Crippen molar-refractivity contribution in [3.63, 3.8) is 0 Å². The Labute approximate surface area is 230 Å². The number of aliphatic hydroxyl groups is 1. The van der Waals surface area contributed by atoms with Crippen molar-refractivity contribution in [1.29, 1.82) is 0 Å². The van der Waals surface area contributed by atoms with Gasteiger partial charge in [0.2, 0.25) is 0 Å². The van der Waals surface area contributed by atoms with Crippen molar-refractivity contribution in [3.8, 4) is 5.75 Å². The van der Waals surface area contributed by atoms with Gasteiger partial charge >= 0.3 is 0 Å². The number of benzene rings is 2. The molecule has 39 heavy (non-hydrogen) atoms. The molecule has 3 N–H and O–H groups in total. The molecule has 2 aromatic carbocycles. The summed E-state index contributed by atoms with van der Waals surface area (Å²) in [6.45, 7) is 6.96. The highest BCUT2D eigenvalue weighted by atomic mass is 32.2. The lowest BCUT2D eigenvalue weighted by atomic mass is 10.0. The summed E-state index contributed by atoms with van der Waals surface area (Å²) in [5.41, 5.74) is 0.335. The standard InChI is InChI=1S/C28H40FN3O6S/c1-19-17-32(20(2)18-33)28(34)25-15-23(31-39(35,36)24-11-8-22(29)9-12-24)10-13-26(25)38-21(3)7-5-6-14-37-27(19)16-30-4/h8-13,15,19-21,27,30-31,33H,5-7,14,16-18H2,1-4H3/t19-,20+,21-,27-/m0/s1. The van der Waals surface area contributed by atoms with Crippen LogP contribution in [0.3, 0.4) is 0 Å². The number of amides is 1. The predicted molar refractivity (Wildman–Crippen MR) is 148 cm³/mol. The molecule has 216 valence electrons. The smallest absolute Gasteiger partial charge is 0.261 e. The first-order valence-corrected chi connectivity index (χ1v) is 14.8. The summed E-state index contributed by atoms with van der Waals surface area (Å²) in [6.07, 6.45) is 2.17. The van der Waals surface area contributed by atoms with Crippen molar-refractivity contribution in [3.05, 3.63) is 53.8 Å². The quantitative estimate of drug-likeness (QED) is 0.469. The third-order valence-corrected chi connectivity index (χ3v) is 8.23. The molecular formula is C28H40FN3O6S. The minimum absolute atomic E-state index is 0.0539. The van der Waals surface area contributed by atoms with Crippen LogP contribution in [-0.4, -0.2) is 75.9 Å². The number of carbonyl (C=O) groups excluding carboxylic acids is 1. The lowest BCUT2D eigenvalue weighted by Crippen LogP contribution is -2.47. The van der Waals surface area contributed by atoms with Crippen LogP contribution in [0.5, 0.6) is 5.75 Å². The fourth-order valence-corrected chi connectivity index (χ4v) is 5.55. The second-order valence-corrected chi connectivity index (χ2v) is 11.8. The monoisotopic (exact) mass is 565 g/mol. The number of carbonyl (C=O) groups is 1. The van der Waals surface area contributed by atoms with E-state index in [-0.39, 0.29) is 40.9 Å². The number of anilines is 1. The van der Waals surface area contributed by atoms with Crippen molar-refractivity contribution in [1.82, 2.24) is 10.2 Å². The summed E-state index contributed by atoms with van der Waals surface area (Å²) >= 11 is 0. The molecule has 1 aliphatic rings. The Morgan fingerprint density at radius 1 is 1.15 bits per heavy atom. The van der Waals surface area contributed by atoms with Crippen molar-refractivity contribution in [2.24, 2.45) is 5.92 Å². The van der Waals surface area contributed by atoms with E-state index in [1.54, 1.807) is 17.9 Å². The third kappa shape index (κ3) is 8.38. The molecule has 1 aliphatic heterocycles. The number of halogens is 1. The fraction of sp³-hybridized carbons (Fsp3) is 0.536. The van der Waals surface area contributed by atoms with Gasteiger partial charge in [0.05, 0.1) is 35.3 Å². The molecule has 0 saturated heterocycles. The van der Waals surface area contributed by atoms with Gasteiger partial charge in [0.15, 0.2) is 0 Å². The van der Waals surface area contributed by atoms with Crippen LogP contribution in [0.15, 0.2) is 47.4 Å². The molecule has 2 aromatic rings. The number of aliphatic hydroxyl groups excluding tert-OH is 1. The van der Waals surface area contributed by atoms with Gasteiger partial charge in [-0.05, 0) is 82.6 Å². The first-order chi connectivity index (χ1) is 18.6. The van der Waals surface area contributed by atoms with Crippen molar-refractivity contribution in [2.75, 3.05) is 38.1 Å². The summed E-state index contributed by atoms with van der Waals surface area (Å²) in [6, 6.07) is 8.52. The van der Waals surface area contributed by atoms with E-state index in [1.807, 2.05) is 20.9 Å². The molecule has 3 rings (SSSR count). The molecule has 0 saturated carbocycles. The summed E-state index contributed by atoms with van der Waals surface area (Å²) in [5.74, 6) is -0.664. The first kappa shape index (κ1) is 30.8. The molecule has 0 bridgehead atoms. The van der Waals surface area contributed by atoms with Crippen molar-refractivity contribution in [2.45, 2.75) is 63.2 Å².